The van der Waals surface area contributed by atoms with Crippen LogP contribution in [0, 0.1) is 30.6 Å². The molecule has 0 N–H and O–H groups in total. The van der Waals surface area contributed by atoms with E-state index in [4.69, 9.17) is 4.74 Å². The number of rotatable bonds is 4. The first-order valence-corrected chi connectivity index (χ1v) is 10.8. The number of carbonyl (C=O) groups excluding carboxylic acids is 3. The molecule has 0 spiro atoms. The number of Topliss-reactive ketones (excluding diaryl/α,β-unsaturated/α-hetero) is 2. The van der Waals surface area contributed by atoms with Crippen LogP contribution in [0.3, 0.4) is 0 Å². The summed E-state index contributed by atoms with van der Waals surface area (Å²) < 4.78 is 5.53. The molecule has 0 bridgehead atoms. The number of aryl methyl sites for hydroxylation is 1. The monoisotopic (exact) mass is 430 g/mol. The molecular weight excluding hydrogens is 404 g/mol. The first kappa shape index (κ1) is 21.8. The zero-order chi connectivity index (χ0) is 22.8. The molecule has 6 heteroatoms. The summed E-state index contributed by atoms with van der Waals surface area (Å²) in [5.74, 6) is 5.47. The number of hydrogen-bond donors (Lipinski definition) is 0. The van der Waals surface area contributed by atoms with Gasteiger partial charge in [0, 0.05) is 43.3 Å². The summed E-state index contributed by atoms with van der Waals surface area (Å²) in [6, 6.07) is 8.94. The molecule has 0 unspecified atom stereocenters. The zero-order valence-corrected chi connectivity index (χ0v) is 18.6. The van der Waals surface area contributed by atoms with E-state index in [2.05, 4.69) is 16.8 Å². The van der Waals surface area contributed by atoms with Crippen molar-refractivity contribution in [3.63, 3.8) is 0 Å². The molecule has 1 saturated heterocycles. The molecule has 2 aromatic rings. The summed E-state index contributed by atoms with van der Waals surface area (Å²) in [6.45, 7) is 4.75. The molecule has 2 aliphatic rings. The van der Waals surface area contributed by atoms with Gasteiger partial charge in [0.05, 0.1) is 7.11 Å². The standard InChI is InChI=1S/C26H26N2O4/c1-4-7-17-10-16(2)24(23(11-17)32-3)25-21(29)12-18(13-22(25)30)19-14-28(15-19)26(31)20-8-5-6-9-27-20/h5-6,8-11,18-19,25H,12-15H2,1-3H3. The van der Waals surface area contributed by atoms with Gasteiger partial charge in [-0.3, -0.25) is 19.4 Å². The minimum absolute atomic E-state index is 0.0319. The highest BCUT2D eigenvalue weighted by Crippen LogP contribution is 2.41. The van der Waals surface area contributed by atoms with Gasteiger partial charge in [-0.1, -0.05) is 12.0 Å². The number of pyridine rings is 1. The van der Waals surface area contributed by atoms with E-state index in [9.17, 15) is 14.4 Å². The third-order valence-electron chi connectivity index (χ3n) is 6.45. The summed E-state index contributed by atoms with van der Waals surface area (Å²) in [5, 5.41) is 0. The molecule has 1 aromatic heterocycles. The van der Waals surface area contributed by atoms with Gasteiger partial charge in [-0.15, -0.1) is 5.92 Å². The fourth-order valence-electron chi connectivity index (χ4n) is 4.81. The average molecular weight is 431 g/mol. The normalized spacial score (nSPS) is 20.9. The molecule has 164 valence electrons. The molecule has 1 aliphatic carbocycles. The maximum atomic E-state index is 13.1. The summed E-state index contributed by atoms with van der Waals surface area (Å²) in [4.78, 5) is 44.6. The molecule has 2 fully saturated rings. The lowest BCUT2D eigenvalue weighted by Gasteiger charge is -2.44. The topological polar surface area (TPSA) is 76.6 Å². The maximum Gasteiger partial charge on any atom is 0.272 e. The Morgan fingerprint density at radius 1 is 1.12 bits per heavy atom. The van der Waals surface area contributed by atoms with Crippen LogP contribution < -0.4 is 4.74 Å². The highest BCUT2D eigenvalue weighted by Gasteiger charge is 2.45. The SMILES string of the molecule is CC#Cc1cc(C)c(C2C(=O)CC(C3CN(C(=O)c4ccccn4)C3)CC2=O)c(OC)c1. The molecule has 0 radical (unpaired) electrons. The number of ether oxygens (including phenoxy) is 1. The van der Waals surface area contributed by atoms with Gasteiger partial charge in [0.1, 0.15) is 28.9 Å². The molecule has 32 heavy (non-hydrogen) atoms. The van der Waals surface area contributed by atoms with E-state index in [-0.39, 0.29) is 29.3 Å². The first-order chi connectivity index (χ1) is 15.4. The van der Waals surface area contributed by atoms with Crippen molar-refractivity contribution in [1.29, 1.82) is 0 Å². The Kier molecular flexibility index (Phi) is 6.09. The van der Waals surface area contributed by atoms with Gasteiger partial charge >= 0.3 is 0 Å². The largest absolute Gasteiger partial charge is 0.496 e. The van der Waals surface area contributed by atoms with Gasteiger partial charge in [0.25, 0.3) is 5.91 Å². The van der Waals surface area contributed by atoms with Crippen LogP contribution in [-0.2, 0) is 9.59 Å². The van der Waals surface area contributed by atoms with Crippen molar-refractivity contribution in [3.05, 3.63) is 58.9 Å². The van der Waals surface area contributed by atoms with Crippen LogP contribution in [0.15, 0.2) is 36.5 Å². The van der Waals surface area contributed by atoms with E-state index in [1.165, 1.54) is 0 Å². The van der Waals surface area contributed by atoms with Gasteiger partial charge in [-0.05, 0) is 55.5 Å². The molecule has 6 nitrogen and oxygen atoms in total. The van der Waals surface area contributed by atoms with Crippen LogP contribution in [0.2, 0.25) is 0 Å². The van der Waals surface area contributed by atoms with Gasteiger partial charge < -0.3 is 9.64 Å². The lowest BCUT2D eigenvalue weighted by molar-refractivity contribution is -0.135. The number of aromatic nitrogens is 1. The van der Waals surface area contributed by atoms with Crippen molar-refractivity contribution in [2.45, 2.75) is 32.6 Å². The maximum absolute atomic E-state index is 13.1. The third-order valence-corrected chi connectivity index (χ3v) is 6.45. The summed E-state index contributed by atoms with van der Waals surface area (Å²) in [5.41, 5.74) is 2.71. The Bertz CT molecular complexity index is 1110. The van der Waals surface area contributed by atoms with E-state index >= 15 is 0 Å². The number of carbonyl (C=O) groups is 3. The number of nitrogens with zero attached hydrogens (tertiary/aromatic N) is 2. The molecule has 1 saturated carbocycles. The van der Waals surface area contributed by atoms with Crippen molar-refractivity contribution in [2.24, 2.45) is 11.8 Å². The number of benzene rings is 1. The Hall–Kier alpha value is -3.46. The Morgan fingerprint density at radius 2 is 1.84 bits per heavy atom. The smallest absolute Gasteiger partial charge is 0.272 e. The Balaban J connectivity index is 1.46. The van der Waals surface area contributed by atoms with E-state index in [1.807, 2.05) is 13.0 Å². The zero-order valence-electron chi connectivity index (χ0n) is 18.6. The van der Waals surface area contributed by atoms with E-state index in [0.29, 0.717) is 42.9 Å². The number of methoxy groups -OCH3 is 1. The summed E-state index contributed by atoms with van der Waals surface area (Å²) in [6.07, 6.45) is 2.28. The quantitative estimate of drug-likeness (QED) is 0.550. The van der Waals surface area contributed by atoms with Crippen LogP contribution in [0.1, 0.15) is 52.9 Å². The van der Waals surface area contributed by atoms with Crippen LogP contribution in [0.5, 0.6) is 5.75 Å². The molecule has 2 heterocycles. The minimum atomic E-state index is -0.795. The summed E-state index contributed by atoms with van der Waals surface area (Å²) >= 11 is 0. The van der Waals surface area contributed by atoms with Crippen LogP contribution >= 0.6 is 0 Å². The van der Waals surface area contributed by atoms with Crippen molar-refractivity contribution < 1.29 is 19.1 Å². The van der Waals surface area contributed by atoms with Gasteiger partial charge in [-0.2, -0.15) is 0 Å². The second kappa shape index (κ2) is 8.96. The Morgan fingerprint density at radius 3 is 2.44 bits per heavy atom. The Labute approximate surface area is 188 Å². The predicted octanol–water partition coefficient (Wildman–Crippen LogP) is 3.17. The van der Waals surface area contributed by atoms with Crippen LogP contribution in [-0.4, -0.2) is 47.6 Å². The molecule has 0 atom stereocenters. The van der Waals surface area contributed by atoms with Crippen LogP contribution in [0.25, 0.3) is 0 Å². The number of likely N-dealkylation sites (tertiary alicyclic amines) is 1. The fraction of sp³-hybridized carbons (Fsp3) is 0.385. The third kappa shape index (κ3) is 4.03. The second-order valence-corrected chi connectivity index (χ2v) is 8.50. The average Bonchev–Trinajstić information content (AvgIpc) is 2.74. The summed E-state index contributed by atoms with van der Waals surface area (Å²) in [7, 11) is 1.55. The molecule has 1 amide bonds. The van der Waals surface area contributed by atoms with Gasteiger partial charge in [-0.25, -0.2) is 0 Å². The van der Waals surface area contributed by atoms with E-state index in [1.54, 1.807) is 49.4 Å². The highest BCUT2D eigenvalue weighted by atomic mass is 16.5. The number of amides is 1. The van der Waals surface area contributed by atoms with Crippen molar-refractivity contribution in [1.82, 2.24) is 9.88 Å². The van der Waals surface area contributed by atoms with E-state index < -0.39 is 5.92 Å². The highest BCUT2D eigenvalue weighted by molar-refractivity contribution is 6.10. The van der Waals surface area contributed by atoms with Crippen molar-refractivity contribution in [3.8, 4) is 17.6 Å². The lowest BCUT2D eigenvalue weighted by Crippen LogP contribution is -2.54. The van der Waals surface area contributed by atoms with Gasteiger partial charge in [0.2, 0.25) is 0 Å². The minimum Gasteiger partial charge on any atom is -0.496 e. The van der Waals surface area contributed by atoms with Gasteiger partial charge in [0.15, 0.2) is 0 Å². The predicted molar refractivity (Wildman–Crippen MR) is 119 cm³/mol. The molecule has 1 aliphatic heterocycles. The van der Waals surface area contributed by atoms with E-state index in [0.717, 1.165) is 11.1 Å². The number of ketones is 2. The van der Waals surface area contributed by atoms with Crippen molar-refractivity contribution in [2.75, 3.05) is 20.2 Å². The lowest BCUT2D eigenvalue weighted by atomic mass is 9.69. The number of hydrogen-bond acceptors (Lipinski definition) is 5. The second-order valence-electron chi connectivity index (χ2n) is 8.50. The molecular formula is C26H26N2O4. The molecule has 1 aromatic carbocycles. The molecule has 4 rings (SSSR count). The fourth-order valence-corrected chi connectivity index (χ4v) is 4.81. The van der Waals surface area contributed by atoms with Crippen molar-refractivity contribution >= 4 is 17.5 Å². The van der Waals surface area contributed by atoms with Crippen LogP contribution in [0.4, 0.5) is 0 Å². The first-order valence-electron chi connectivity index (χ1n) is 10.8.